The van der Waals surface area contributed by atoms with Crippen molar-refractivity contribution in [3.05, 3.63) is 94.0 Å². The number of hydrogen-bond donors (Lipinski definition) is 1. The van der Waals surface area contributed by atoms with Crippen molar-refractivity contribution in [1.82, 2.24) is 0 Å². The number of hydrogen-bond acceptors (Lipinski definition) is 6. The molecule has 3 rings (SSSR count). The van der Waals surface area contributed by atoms with E-state index < -0.39 is 11.9 Å². The topological polar surface area (TPSA) is 97.7 Å². The molecule has 178 valence electrons. The minimum absolute atomic E-state index is 0.156. The third kappa shape index (κ3) is 6.62. The number of carbonyl (C=O) groups excluding carboxylic acids is 2. The molecule has 8 heteroatoms. The zero-order valence-electron chi connectivity index (χ0n) is 19.2. The van der Waals surface area contributed by atoms with Crippen molar-refractivity contribution in [3.8, 4) is 17.6 Å². The summed E-state index contributed by atoms with van der Waals surface area (Å²) in [5.74, 6) is -0.307. The number of anilines is 1. The average molecular weight is 491 g/mol. The van der Waals surface area contributed by atoms with Gasteiger partial charge in [0.05, 0.1) is 25.0 Å². The number of methoxy groups -OCH3 is 1. The van der Waals surface area contributed by atoms with Gasteiger partial charge in [-0.15, -0.1) is 0 Å². The summed E-state index contributed by atoms with van der Waals surface area (Å²) in [6, 6.07) is 20.7. The lowest BCUT2D eigenvalue weighted by atomic mass is 10.1. The van der Waals surface area contributed by atoms with E-state index in [4.69, 9.17) is 25.8 Å². The minimum atomic E-state index is -0.666. The Kier molecular flexibility index (Phi) is 8.88. The predicted octanol–water partition coefficient (Wildman–Crippen LogP) is 5.65. The van der Waals surface area contributed by atoms with Gasteiger partial charge >= 0.3 is 5.97 Å². The molecule has 0 bridgehead atoms. The van der Waals surface area contributed by atoms with Crippen molar-refractivity contribution < 1.29 is 23.8 Å². The fraction of sp³-hybridized carbons (Fsp3) is 0.148. The zero-order valence-corrected chi connectivity index (χ0v) is 20.0. The van der Waals surface area contributed by atoms with E-state index in [1.54, 1.807) is 42.5 Å². The molecule has 3 aromatic rings. The van der Waals surface area contributed by atoms with Crippen LogP contribution in [-0.4, -0.2) is 25.6 Å². The second-order valence-electron chi connectivity index (χ2n) is 7.18. The lowest BCUT2D eigenvalue weighted by Gasteiger charge is -2.13. The summed E-state index contributed by atoms with van der Waals surface area (Å²) in [5.41, 5.74) is 1.66. The molecule has 0 aliphatic carbocycles. The molecule has 0 heterocycles. The van der Waals surface area contributed by atoms with Gasteiger partial charge in [0.15, 0.2) is 11.5 Å². The Balaban J connectivity index is 1.82. The van der Waals surface area contributed by atoms with Crippen LogP contribution in [0.4, 0.5) is 5.69 Å². The van der Waals surface area contributed by atoms with Crippen molar-refractivity contribution in [2.75, 3.05) is 19.0 Å². The first kappa shape index (κ1) is 25.3. The van der Waals surface area contributed by atoms with Gasteiger partial charge in [-0.2, -0.15) is 5.26 Å². The number of rotatable bonds is 9. The maximum atomic E-state index is 12.8. The molecule has 0 radical (unpaired) electrons. The first-order valence-corrected chi connectivity index (χ1v) is 11.1. The van der Waals surface area contributed by atoms with Crippen LogP contribution in [-0.2, 0) is 16.1 Å². The highest BCUT2D eigenvalue weighted by Crippen LogP contribution is 2.31. The number of ether oxygens (including phenoxy) is 3. The average Bonchev–Trinajstić information content (AvgIpc) is 2.87. The Hall–Kier alpha value is -4.28. The van der Waals surface area contributed by atoms with Gasteiger partial charge in [-0.1, -0.05) is 48.0 Å². The fourth-order valence-corrected chi connectivity index (χ4v) is 3.35. The van der Waals surface area contributed by atoms with Gasteiger partial charge < -0.3 is 19.5 Å². The molecule has 0 aromatic heterocycles. The molecule has 0 aliphatic heterocycles. The third-order valence-electron chi connectivity index (χ3n) is 4.87. The lowest BCUT2D eigenvalue weighted by Crippen LogP contribution is -2.16. The molecule has 1 N–H and O–H groups in total. The summed E-state index contributed by atoms with van der Waals surface area (Å²) in [6.07, 6.45) is 1.43. The second kappa shape index (κ2) is 12.3. The Morgan fingerprint density at radius 1 is 1.03 bits per heavy atom. The molecule has 0 unspecified atom stereocenters. The Morgan fingerprint density at radius 3 is 2.49 bits per heavy atom. The molecule has 35 heavy (non-hydrogen) atoms. The summed E-state index contributed by atoms with van der Waals surface area (Å²) >= 11 is 6.20. The summed E-state index contributed by atoms with van der Waals surface area (Å²) in [4.78, 5) is 24.7. The number of carbonyl (C=O) groups is 2. The smallest absolute Gasteiger partial charge is 0.339 e. The Labute approximate surface area is 208 Å². The predicted molar refractivity (Wildman–Crippen MR) is 133 cm³/mol. The van der Waals surface area contributed by atoms with Crippen LogP contribution in [0.5, 0.6) is 11.5 Å². The standard InChI is InChI=1S/C27H23ClN2O5/c1-3-34-25-15-18(12-13-24(25)35-17-19-8-4-6-10-22(19)28)14-20(16-29)26(31)30-23-11-7-5-9-21(23)27(32)33-2/h4-15H,3,17H2,1-2H3,(H,30,31). The van der Waals surface area contributed by atoms with Crippen molar-refractivity contribution in [2.24, 2.45) is 0 Å². The van der Waals surface area contributed by atoms with Gasteiger partial charge in [-0.05, 0) is 48.9 Å². The van der Waals surface area contributed by atoms with Crippen molar-refractivity contribution in [2.45, 2.75) is 13.5 Å². The Bertz CT molecular complexity index is 1300. The molecule has 0 fully saturated rings. The maximum Gasteiger partial charge on any atom is 0.339 e. The van der Waals surface area contributed by atoms with E-state index in [0.717, 1.165) is 5.56 Å². The van der Waals surface area contributed by atoms with E-state index >= 15 is 0 Å². The molecular formula is C27H23ClN2O5. The van der Waals surface area contributed by atoms with Gasteiger partial charge in [0.2, 0.25) is 0 Å². The molecule has 7 nitrogen and oxygen atoms in total. The van der Waals surface area contributed by atoms with Crippen LogP contribution in [0.1, 0.15) is 28.4 Å². The van der Waals surface area contributed by atoms with E-state index in [1.165, 1.54) is 19.3 Å². The minimum Gasteiger partial charge on any atom is -0.490 e. The number of benzene rings is 3. The van der Waals surface area contributed by atoms with Gasteiger partial charge in [0.25, 0.3) is 5.91 Å². The number of para-hydroxylation sites is 1. The normalized spacial score (nSPS) is 10.7. The number of nitrogens with one attached hydrogen (secondary N) is 1. The molecule has 0 atom stereocenters. The molecule has 1 amide bonds. The number of amides is 1. The van der Waals surface area contributed by atoms with Gasteiger partial charge in [0.1, 0.15) is 18.2 Å². The number of nitriles is 1. The maximum absolute atomic E-state index is 12.8. The third-order valence-corrected chi connectivity index (χ3v) is 5.23. The van der Waals surface area contributed by atoms with Crippen molar-refractivity contribution in [1.29, 1.82) is 5.26 Å². The van der Waals surface area contributed by atoms with Gasteiger partial charge in [-0.25, -0.2) is 4.79 Å². The molecule has 0 saturated heterocycles. The molecule has 0 aliphatic rings. The highest BCUT2D eigenvalue weighted by Gasteiger charge is 2.16. The lowest BCUT2D eigenvalue weighted by molar-refractivity contribution is -0.112. The summed E-state index contributed by atoms with van der Waals surface area (Å²) in [6.45, 7) is 2.49. The first-order chi connectivity index (χ1) is 17.0. The number of nitrogens with zero attached hydrogens (tertiary/aromatic N) is 1. The van der Waals surface area contributed by atoms with Crippen LogP contribution >= 0.6 is 11.6 Å². The largest absolute Gasteiger partial charge is 0.490 e. The monoisotopic (exact) mass is 490 g/mol. The second-order valence-corrected chi connectivity index (χ2v) is 7.59. The molecule has 0 saturated carbocycles. The van der Waals surface area contributed by atoms with E-state index in [1.807, 2.05) is 31.2 Å². The molecular weight excluding hydrogens is 468 g/mol. The van der Waals surface area contributed by atoms with Crippen molar-refractivity contribution >= 4 is 35.2 Å². The van der Waals surface area contributed by atoms with E-state index in [2.05, 4.69) is 5.32 Å². The van der Waals surface area contributed by atoms with Crippen LogP contribution in [0, 0.1) is 11.3 Å². The number of esters is 1. The zero-order chi connectivity index (χ0) is 25.2. The molecule has 3 aromatic carbocycles. The van der Waals surface area contributed by atoms with Crippen LogP contribution in [0.3, 0.4) is 0 Å². The van der Waals surface area contributed by atoms with Crippen LogP contribution in [0.15, 0.2) is 72.3 Å². The van der Waals surface area contributed by atoms with Crippen LogP contribution < -0.4 is 14.8 Å². The van der Waals surface area contributed by atoms with E-state index in [-0.39, 0.29) is 23.4 Å². The highest BCUT2D eigenvalue weighted by molar-refractivity contribution is 6.31. The van der Waals surface area contributed by atoms with Crippen molar-refractivity contribution in [3.63, 3.8) is 0 Å². The van der Waals surface area contributed by atoms with E-state index in [9.17, 15) is 14.9 Å². The quantitative estimate of drug-likeness (QED) is 0.236. The van der Waals surface area contributed by atoms with E-state index in [0.29, 0.717) is 28.7 Å². The number of halogens is 1. The summed E-state index contributed by atoms with van der Waals surface area (Å²) in [7, 11) is 1.25. The summed E-state index contributed by atoms with van der Waals surface area (Å²) < 4.78 is 16.3. The van der Waals surface area contributed by atoms with Gasteiger partial charge in [0, 0.05) is 10.6 Å². The fourth-order valence-electron chi connectivity index (χ4n) is 3.16. The van der Waals surface area contributed by atoms with Crippen LogP contribution in [0.2, 0.25) is 5.02 Å². The van der Waals surface area contributed by atoms with Crippen LogP contribution in [0.25, 0.3) is 6.08 Å². The highest BCUT2D eigenvalue weighted by atomic mass is 35.5. The molecule has 0 spiro atoms. The SMILES string of the molecule is CCOc1cc(C=C(C#N)C(=O)Nc2ccccc2C(=O)OC)ccc1OCc1ccccc1Cl. The summed E-state index contributed by atoms with van der Waals surface area (Å²) in [5, 5.41) is 12.8. The first-order valence-electron chi connectivity index (χ1n) is 10.7. The Morgan fingerprint density at radius 2 is 1.77 bits per heavy atom. The van der Waals surface area contributed by atoms with Gasteiger partial charge in [-0.3, -0.25) is 4.79 Å².